The second-order valence-corrected chi connectivity index (χ2v) is 9.30. The molecule has 2 aromatic heterocycles. The van der Waals surface area contributed by atoms with E-state index in [1.165, 1.54) is 29.7 Å². The Balaban J connectivity index is 1.40. The number of pyridine rings is 1. The third-order valence-electron chi connectivity index (χ3n) is 6.56. The Morgan fingerprint density at radius 3 is 2.50 bits per heavy atom. The largest absolute Gasteiger partial charge is 0.497 e. The van der Waals surface area contributed by atoms with Crippen LogP contribution in [0.25, 0.3) is 16.6 Å². The molecule has 0 aliphatic rings. The molecule has 210 valence electrons. The maximum absolute atomic E-state index is 15.3. The van der Waals surface area contributed by atoms with E-state index in [0.29, 0.717) is 29.7 Å². The molecule has 10 heteroatoms. The lowest BCUT2D eigenvalue weighted by Crippen LogP contribution is -2.29. The number of anilines is 2. The maximum Gasteiger partial charge on any atom is 0.261 e. The molecular formula is C32H27FN6O3. The summed E-state index contributed by atoms with van der Waals surface area (Å²) in [4.78, 5) is 38.4. The fraction of sp³-hybridized carbons (Fsp3) is 0.0938. The maximum atomic E-state index is 15.3. The summed E-state index contributed by atoms with van der Waals surface area (Å²) in [5, 5.41) is 5.05. The number of aldehydes is 1. The number of halogens is 1. The number of rotatable bonds is 10. The molecule has 0 aliphatic carbocycles. The van der Waals surface area contributed by atoms with Crippen LogP contribution in [0.2, 0.25) is 0 Å². The molecule has 0 saturated heterocycles. The van der Waals surface area contributed by atoms with Crippen molar-refractivity contribution < 1.29 is 18.7 Å². The van der Waals surface area contributed by atoms with Crippen LogP contribution < -0.4 is 15.5 Å². The third kappa shape index (κ3) is 6.23. The minimum atomic E-state index is -0.728. The minimum absolute atomic E-state index is 0.192. The number of ether oxygens (including phenoxy) is 1. The fourth-order valence-electron chi connectivity index (χ4n) is 4.53. The van der Waals surface area contributed by atoms with Crippen LogP contribution in [0.5, 0.6) is 5.75 Å². The van der Waals surface area contributed by atoms with Gasteiger partial charge in [0, 0.05) is 49.2 Å². The quantitative estimate of drug-likeness (QED) is 0.0779. The molecule has 1 amide bonds. The van der Waals surface area contributed by atoms with Gasteiger partial charge in [-0.25, -0.2) is 4.39 Å². The second kappa shape index (κ2) is 12.7. The van der Waals surface area contributed by atoms with Crippen molar-refractivity contribution in [1.29, 1.82) is 0 Å². The number of amides is 1. The van der Waals surface area contributed by atoms with Crippen LogP contribution in [-0.4, -0.2) is 46.3 Å². The summed E-state index contributed by atoms with van der Waals surface area (Å²) in [5.74, 6) is -0.541. The van der Waals surface area contributed by atoms with E-state index in [4.69, 9.17) is 4.74 Å². The summed E-state index contributed by atoms with van der Waals surface area (Å²) >= 11 is 0. The van der Waals surface area contributed by atoms with Crippen molar-refractivity contribution >= 4 is 40.2 Å². The number of carbonyl (C=O) groups excluding carboxylic acids is 2. The first kappa shape index (κ1) is 27.9. The third-order valence-corrected chi connectivity index (χ3v) is 6.56. The van der Waals surface area contributed by atoms with Gasteiger partial charge in [0.1, 0.15) is 28.5 Å². The van der Waals surface area contributed by atoms with E-state index in [1.54, 1.807) is 32.5 Å². The van der Waals surface area contributed by atoms with Crippen molar-refractivity contribution in [1.82, 2.24) is 20.0 Å². The van der Waals surface area contributed by atoms with Crippen LogP contribution in [0.4, 0.5) is 15.8 Å². The van der Waals surface area contributed by atoms with Gasteiger partial charge < -0.3 is 10.1 Å². The molecule has 0 radical (unpaired) electrons. The molecule has 42 heavy (non-hydrogen) atoms. The van der Waals surface area contributed by atoms with Crippen molar-refractivity contribution in [3.63, 3.8) is 0 Å². The highest BCUT2D eigenvalue weighted by molar-refractivity contribution is 6.21. The summed E-state index contributed by atoms with van der Waals surface area (Å²) in [5.41, 5.74) is 6.40. The molecule has 5 rings (SSSR count). The predicted molar refractivity (Wildman–Crippen MR) is 159 cm³/mol. The number of hydrogen-bond donors (Lipinski definition) is 2. The van der Waals surface area contributed by atoms with E-state index in [1.807, 2.05) is 54.6 Å². The Morgan fingerprint density at radius 1 is 0.952 bits per heavy atom. The van der Waals surface area contributed by atoms with Gasteiger partial charge in [-0.2, -0.15) is 0 Å². The number of hydrazine groups is 1. The van der Waals surface area contributed by atoms with E-state index in [9.17, 15) is 9.59 Å². The van der Waals surface area contributed by atoms with Crippen LogP contribution >= 0.6 is 0 Å². The molecule has 5 aromatic rings. The molecular weight excluding hydrogens is 535 g/mol. The molecule has 2 heterocycles. The molecule has 0 fully saturated rings. The molecule has 0 spiro atoms. The molecule has 0 bridgehead atoms. The standard InChI is InChI=1S/C32H27FN6O3/c1-39(38-23-6-4-3-5-7-23)31(30-19-34-14-15-36-30)27(20-40)32(41)37-24-9-8-22(28(33)17-24)16-21-12-13-35-29-18-25(42-2)10-11-26(21)29/h3-15,17-20,38H,16H2,1-2H3,(H,37,41)/b31-27+. The van der Waals surface area contributed by atoms with Gasteiger partial charge in [-0.3, -0.25) is 35.0 Å². The summed E-state index contributed by atoms with van der Waals surface area (Å²) in [6.07, 6.45) is 6.83. The van der Waals surface area contributed by atoms with Crippen molar-refractivity contribution in [2.75, 3.05) is 24.9 Å². The number of benzene rings is 3. The zero-order chi connectivity index (χ0) is 29.5. The van der Waals surface area contributed by atoms with Crippen LogP contribution in [0, 0.1) is 5.82 Å². The highest BCUT2D eigenvalue weighted by atomic mass is 19.1. The first-order chi connectivity index (χ1) is 20.5. The van der Waals surface area contributed by atoms with Gasteiger partial charge in [-0.05, 0) is 53.6 Å². The molecule has 2 N–H and O–H groups in total. The zero-order valence-electron chi connectivity index (χ0n) is 22.9. The van der Waals surface area contributed by atoms with Gasteiger partial charge in [0.25, 0.3) is 5.91 Å². The van der Waals surface area contributed by atoms with Crippen molar-refractivity contribution in [3.8, 4) is 5.75 Å². The Morgan fingerprint density at radius 2 is 1.79 bits per heavy atom. The Labute approximate surface area is 241 Å². The summed E-state index contributed by atoms with van der Waals surface area (Å²) in [7, 11) is 3.24. The van der Waals surface area contributed by atoms with Crippen LogP contribution in [0.15, 0.2) is 103 Å². The van der Waals surface area contributed by atoms with Gasteiger partial charge in [0.15, 0.2) is 6.29 Å². The summed E-state index contributed by atoms with van der Waals surface area (Å²) < 4.78 is 20.6. The lowest BCUT2D eigenvalue weighted by molar-refractivity contribution is -0.115. The number of nitrogens with zero attached hydrogens (tertiary/aromatic N) is 4. The van der Waals surface area contributed by atoms with Gasteiger partial charge in [0.05, 0.1) is 24.5 Å². The average Bonchev–Trinajstić information content (AvgIpc) is 3.01. The van der Waals surface area contributed by atoms with Gasteiger partial charge in [-0.15, -0.1) is 0 Å². The lowest BCUT2D eigenvalue weighted by atomic mass is 10.0. The van der Waals surface area contributed by atoms with Crippen LogP contribution in [-0.2, 0) is 16.0 Å². The van der Waals surface area contributed by atoms with Gasteiger partial charge in [-0.1, -0.05) is 24.3 Å². The number of fused-ring (bicyclic) bond motifs is 1. The molecule has 0 unspecified atom stereocenters. The average molecular weight is 563 g/mol. The van der Waals surface area contributed by atoms with Crippen molar-refractivity contribution in [2.24, 2.45) is 0 Å². The molecule has 0 atom stereocenters. The molecule has 9 nitrogen and oxygen atoms in total. The monoisotopic (exact) mass is 562 g/mol. The second-order valence-electron chi connectivity index (χ2n) is 9.30. The number of carbonyl (C=O) groups is 2. The highest BCUT2D eigenvalue weighted by Crippen LogP contribution is 2.26. The molecule has 3 aromatic carbocycles. The van der Waals surface area contributed by atoms with Crippen LogP contribution in [0.1, 0.15) is 16.8 Å². The highest BCUT2D eigenvalue weighted by Gasteiger charge is 2.22. The molecule has 0 aliphatic heterocycles. The number of hydrogen-bond acceptors (Lipinski definition) is 8. The number of aromatic nitrogens is 3. The Kier molecular flexibility index (Phi) is 8.43. The zero-order valence-corrected chi connectivity index (χ0v) is 22.9. The SMILES string of the molecule is COc1ccc2c(Cc3ccc(NC(=O)/C(C=O)=C(\c4cnccn4)N(C)Nc4ccccc4)cc3F)ccnc2c1. The van der Waals surface area contributed by atoms with Gasteiger partial charge >= 0.3 is 0 Å². The Hall–Kier alpha value is -5.64. The summed E-state index contributed by atoms with van der Waals surface area (Å²) in [6.45, 7) is 0. The van der Waals surface area contributed by atoms with Crippen molar-refractivity contribution in [2.45, 2.75) is 6.42 Å². The lowest BCUT2D eigenvalue weighted by Gasteiger charge is -2.25. The minimum Gasteiger partial charge on any atom is -0.497 e. The topological polar surface area (TPSA) is 109 Å². The Bertz CT molecular complexity index is 1760. The van der Waals surface area contributed by atoms with E-state index in [2.05, 4.69) is 25.7 Å². The van der Waals surface area contributed by atoms with E-state index < -0.39 is 11.7 Å². The van der Waals surface area contributed by atoms with Crippen LogP contribution in [0.3, 0.4) is 0 Å². The smallest absolute Gasteiger partial charge is 0.261 e. The van der Waals surface area contributed by atoms with E-state index in [-0.39, 0.29) is 17.0 Å². The first-order valence-corrected chi connectivity index (χ1v) is 13.0. The normalized spacial score (nSPS) is 11.4. The predicted octanol–water partition coefficient (Wildman–Crippen LogP) is 5.27. The summed E-state index contributed by atoms with van der Waals surface area (Å²) in [6, 6.07) is 21.1. The number of nitrogens with one attached hydrogen (secondary N) is 2. The first-order valence-electron chi connectivity index (χ1n) is 13.0. The van der Waals surface area contributed by atoms with Gasteiger partial charge in [0.2, 0.25) is 0 Å². The van der Waals surface area contributed by atoms with E-state index >= 15 is 4.39 Å². The number of para-hydroxylation sites is 1. The van der Waals surface area contributed by atoms with Crippen molar-refractivity contribution in [3.05, 3.63) is 126 Å². The van der Waals surface area contributed by atoms with E-state index in [0.717, 1.165) is 22.2 Å². The molecule has 0 saturated carbocycles. The number of methoxy groups -OCH3 is 1. The fourth-order valence-corrected chi connectivity index (χ4v) is 4.53.